The van der Waals surface area contributed by atoms with Gasteiger partial charge in [0.25, 0.3) is 5.91 Å². The van der Waals surface area contributed by atoms with Gasteiger partial charge in [-0.25, -0.2) is 9.59 Å². The van der Waals surface area contributed by atoms with E-state index in [1.54, 1.807) is 6.07 Å². The number of carbonyl (C=O) groups is 3. The van der Waals surface area contributed by atoms with E-state index in [2.05, 4.69) is 21.2 Å². The number of nitrogens with one attached hydrogen (secondary N) is 1. The number of halogens is 1. The highest BCUT2D eigenvalue weighted by Crippen LogP contribution is 2.35. The Morgan fingerprint density at radius 1 is 1.22 bits per heavy atom. The van der Waals surface area contributed by atoms with Crippen molar-refractivity contribution in [2.45, 2.75) is 0 Å². The lowest BCUT2D eigenvalue weighted by Gasteiger charge is -2.17. The summed E-state index contributed by atoms with van der Waals surface area (Å²) >= 11 is 3.29. The van der Waals surface area contributed by atoms with E-state index in [0.717, 1.165) is 0 Å². The molecule has 1 aliphatic heterocycles. The molecule has 0 unspecified atom stereocenters. The molecular weight excluding hydrogens is 424 g/mol. The molecule has 1 aromatic carbocycles. The van der Waals surface area contributed by atoms with E-state index in [1.807, 2.05) is 0 Å². The molecule has 0 radical (unpaired) electrons. The monoisotopic (exact) mass is 442 g/mol. The number of carbonyl (C=O) groups excluding carboxylic acids is 3. The van der Waals surface area contributed by atoms with E-state index in [1.165, 1.54) is 32.3 Å². The second-order valence-electron chi connectivity index (χ2n) is 5.45. The van der Waals surface area contributed by atoms with Crippen LogP contribution in [0.2, 0.25) is 0 Å². The lowest BCUT2D eigenvalue weighted by Crippen LogP contribution is -2.31. The van der Waals surface area contributed by atoms with Gasteiger partial charge in [0, 0.05) is 11.0 Å². The summed E-state index contributed by atoms with van der Waals surface area (Å²) in [5, 5.41) is 12.0. The number of rotatable bonds is 7. The maximum absolute atomic E-state index is 12.6. The lowest BCUT2D eigenvalue weighted by molar-refractivity contribution is -0.136. The molecule has 0 atom stereocenters. The Morgan fingerprint density at radius 3 is 2.44 bits per heavy atom. The summed E-state index contributed by atoms with van der Waals surface area (Å²) in [4.78, 5) is 38.0. The van der Waals surface area contributed by atoms with Gasteiger partial charge in [-0.15, -0.1) is 0 Å². The minimum absolute atomic E-state index is 0.00538. The molecule has 2 N–H and O–H groups in total. The van der Waals surface area contributed by atoms with Crippen LogP contribution in [-0.4, -0.2) is 68.9 Å². The first-order valence-electron chi connectivity index (χ1n) is 7.82. The predicted octanol–water partition coefficient (Wildman–Crippen LogP) is 0.918. The van der Waals surface area contributed by atoms with Gasteiger partial charge in [-0.1, -0.05) is 15.9 Å². The SMILES string of the molecule is COC(=O)C1=C(Nc2cc(Br)cc(C(=O)OC)c2OC)C(=O)N(CCO)C1. The van der Waals surface area contributed by atoms with E-state index >= 15 is 0 Å². The van der Waals surface area contributed by atoms with Crippen molar-refractivity contribution in [1.82, 2.24) is 4.90 Å². The minimum atomic E-state index is -0.673. The average molecular weight is 443 g/mol. The van der Waals surface area contributed by atoms with Crippen molar-refractivity contribution in [3.05, 3.63) is 33.4 Å². The van der Waals surface area contributed by atoms with Crippen molar-refractivity contribution in [3.63, 3.8) is 0 Å². The van der Waals surface area contributed by atoms with Crippen LogP contribution < -0.4 is 10.1 Å². The average Bonchev–Trinajstić information content (AvgIpc) is 2.96. The number of methoxy groups -OCH3 is 3. The first-order chi connectivity index (χ1) is 12.9. The fraction of sp³-hybridized carbons (Fsp3) is 0.353. The van der Waals surface area contributed by atoms with Gasteiger partial charge < -0.3 is 29.5 Å². The highest BCUT2D eigenvalue weighted by Gasteiger charge is 2.35. The van der Waals surface area contributed by atoms with E-state index in [9.17, 15) is 14.4 Å². The van der Waals surface area contributed by atoms with Crippen LogP contribution in [0.5, 0.6) is 5.75 Å². The van der Waals surface area contributed by atoms with Crippen molar-refractivity contribution < 1.29 is 33.7 Å². The first kappa shape index (κ1) is 20.7. The van der Waals surface area contributed by atoms with Gasteiger partial charge >= 0.3 is 11.9 Å². The zero-order chi connectivity index (χ0) is 20.1. The van der Waals surface area contributed by atoms with E-state index in [0.29, 0.717) is 4.47 Å². The van der Waals surface area contributed by atoms with Crippen LogP contribution in [0, 0.1) is 0 Å². The molecule has 0 spiro atoms. The van der Waals surface area contributed by atoms with Crippen molar-refractivity contribution in [2.24, 2.45) is 0 Å². The number of anilines is 1. The summed E-state index contributed by atoms with van der Waals surface area (Å²) in [5.74, 6) is -1.63. The normalized spacial score (nSPS) is 13.7. The molecule has 1 amide bonds. The summed E-state index contributed by atoms with van der Waals surface area (Å²) < 4.78 is 15.3. The molecule has 0 fully saturated rings. The molecular formula is C17H19BrN2O7. The van der Waals surface area contributed by atoms with E-state index < -0.39 is 17.8 Å². The Bertz CT molecular complexity index is 807. The summed E-state index contributed by atoms with van der Waals surface area (Å²) in [5.41, 5.74) is 0.512. The molecule has 1 heterocycles. The molecule has 10 heteroatoms. The van der Waals surface area contributed by atoms with Crippen LogP contribution in [0.15, 0.2) is 27.9 Å². The van der Waals surface area contributed by atoms with Gasteiger partial charge in [0.05, 0.1) is 45.7 Å². The zero-order valence-electron chi connectivity index (χ0n) is 15.0. The Labute approximate surface area is 164 Å². The molecule has 0 saturated carbocycles. The number of ether oxygens (including phenoxy) is 3. The number of nitrogens with zero attached hydrogens (tertiary/aromatic N) is 1. The lowest BCUT2D eigenvalue weighted by atomic mass is 10.1. The second kappa shape index (κ2) is 8.87. The number of β-amino-alcohol motifs (C(OH)–C–C–N with tert-alkyl or cyclic N) is 1. The van der Waals surface area contributed by atoms with E-state index in [-0.39, 0.29) is 48.0 Å². The van der Waals surface area contributed by atoms with Crippen LogP contribution >= 0.6 is 15.9 Å². The maximum Gasteiger partial charge on any atom is 0.341 e. The first-order valence-corrected chi connectivity index (χ1v) is 8.61. The van der Waals surface area contributed by atoms with E-state index in [4.69, 9.17) is 19.3 Å². The van der Waals surface area contributed by atoms with Gasteiger partial charge in [-0.3, -0.25) is 4.79 Å². The molecule has 146 valence electrons. The fourth-order valence-corrected chi connectivity index (χ4v) is 3.11. The number of hydrogen-bond donors (Lipinski definition) is 2. The number of hydrogen-bond acceptors (Lipinski definition) is 8. The van der Waals surface area contributed by atoms with Crippen LogP contribution in [0.3, 0.4) is 0 Å². The summed E-state index contributed by atoms with van der Waals surface area (Å²) in [6, 6.07) is 3.11. The highest BCUT2D eigenvalue weighted by molar-refractivity contribution is 9.10. The third-order valence-corrected chi connectivity index (χ3v) is 4.33. The highest BCUT2D eigenvalue weighted by atomic mass is 79.9. The van der Waals surface area contributed by atoms with Crippen molar-refractivity contribution >= 4 is 39.5 Å². The van der Waals surface area contributed by atoms with Gasteiger partial charge in [0.1, 0.15) is 11.3 Å². The number of aliphatic hydroxyl groups excluding tert-OH is 1. The second-order valence-corrected chi connectivity index (χ2v) is 6.36. The number of esters is 2. The van der Waals surface area contributed by atoms with Crippen molar-refractivity contribution in [2.75, 3.05) is 46.3 Å². The Balaban J connectivity index is 2.52. The fourth-order valence-electron chi connectivity index (χ4n) is 2.65. The quantitative estimate of drug-likeness (QED) is 0.599. The van der Waals surface area contributed by atoms with Gasteiger partial charge in [0.15, 0.2) is 5.75 Å². The topological polar surface area (TPSA) is 114 Å². The largest absolute Gasteiger partial charge is 0.494 e. The van der Waals surface area contributed by atoms with Crippen LogP contribution in [0.1, 0.15) is 10.4 Å². The van der Waals surface area contributed by atoms with Gasteiger partial charge in [-0.05, 0) is 12.1 Å². The molecule has 2 rings (SSSR count). The summed E-state index contributed by atoms with van der Waals surface area (Å²) in [6.45, 7) is -0.192. The smallest absolute Gasteiger partial charge is 0.341 e. The van der Waals surface area contributed by atoms with Crippen molar-refractivity contribution in [3.8, 4) is 5.75 Å². The molecule has 0 bridgehead atoms. The molecule has 1 aliphatic rings. The molecule has 0 aliphatic carbocycles. The number of aliphatic hydroxyl groups is 1. The molecule has 0 aromatic heterocycles. The summed E-state index contributed by atoms with van der Waals surface area (Å²) in [7, 11) is 3.81. The maximum atomic E-state index is 12.6. The van der Waals surface area contributed by atoms with Crippen LogP contribution in [0.4, 0.5) is 5.69 Å². The number of amides is 1. The van der Waals surface area contributed by atoms with Crippen LogP contribution in [0.25, 0.3) is 0 Å². The Kier molecular flexibility index (Phi) is 6.81. The third kappa shape index (κ3) is 4.22. The molecule has 27 heavy (non-hydrogen) atoms. The predicted molar refractivity (Wildman–Crippen MR) is 98.4 cm³/mol. The Morgan fingerprint density at radius 2 is 1.89 bits per heavy atom. The van der Waals surface area contributed by atoms with Gasteiger partial charge in [-0.2, -0.15) is 0 Å². The molecule has 9 nitrogen and oxygen atoms in total. The van der Waals surface area contributed by atoms with Crippen LogP contribution in [-0.2, 0) is 19.1 Å². The molecule has 1 aromatic rings. The minimum Gasteiger partial charge on any atom is -0.494 e. The number of benzene rings is 1. The summed E-state index contributed by atoms with van der Waals surface area (Å²) in [6.07, 6.45) is 0. The molecule has 0 saturated heterocycles. The Hall–Kier alpha value is -2.59. The van der Waals surface area contributed by atoms with Crippen molar-refractivity contribution in [1.29, 1.82) is 0 Å². The standard InChI is InChI=1S/C17H19BrN2O7/c1-25-14-10(16(23)26-2)6-9(18)7-12(14)19-13-11(17(24)27-3)8-20(4-5-21)15(13)22/h6-7,19,21H,4-5,8H2,1-3H3. The third-order valence-electron chi connectivity index (χ3n) is 3.88. The zero-order valence-corrected chi connectivity index (χ0v) is 16.6. The van der Waals surface area contributed by atoms with Gasteiger partial charge in [0.2, 0.25) is 0 Å².